The summed E-state index contributed by atoms with van der Waals surface area (Å²) < 4.78 is 1.83. The molecule has 0 aliphatic carbocycles. The Labute approximate surface area is 132 Å². The number of aryl methyl sites for hydroxylation is 2. The predicted octanol–water partition coefficient (Wildman–Crippen LogP) is 3.35. The number of aromatic nitrogens is 3. The number of nitrogens with zero attached hydrogens (tertiary/aromatic N) is 3. The summed E-state index contributed by atoms with van der Waals surface area (Å²) in [5.74, 6) is 0. The first kappa shape index (κ1) is 14.7. The third-order valence-electron chi connectivity index (χ3n) is 3.15. The zero-order valence-corrected chi connectivity index (χ0v) is 13.5. The molecule has 3 aromatic rings. The van der Waals surface area contributed by atoms with Crippen LogP contribution in [0.2, 0.25) is 0 Å². The number of para-hydroxylation sites is 1. The van der Waals surface area contributed by atoms with Crippen molar-refractivity contribution in [2.24, 2.45) is 0 Å². The van der Waals surface area contributed by atoms with Gasteiger partial charge in [0.25, 0.3) is 0 Å². The Morgan fingerprint density at radius 3 is 2.40 bits per heavy atom. The Morgan fingerprint density at radius 2 is 1.75 bits per heavy atom. The van der Waals surface area contributed by atoms with Crippen LogP contribution in [0.5, 0.6) is 0 Å². The van der Waals surface area contributed by atoms with E-state index in [9.17, 15) is 0 Å². The second-order valence-electron chi connectivity index (χ2n) is 4.57. The molecule has 0 atom stereocenters. The minimum Gasteiger partial charge on any atom is -0.230 e. The summed E-state index contributed by atoms with van der Waals surface area (Å²) in [5.41, 5.74) is 5.27. The second-order valence-corrected chi connectivity index (χ2v) is 4.57. The topological polar surface area (TPSA) is 30.7 Å². The van der Waals surface area contributed by atoms with Crippen LogP contribution >= 0.6 is 0 Å². The fourth-order valence-corrected chi connectivity index (χ4v) is 2.22. The van der Waals surface area contributed by atoms with Gasteiger partial charge in [-0.15, -0.1) is 35.9 Å². The van der Waals surface area contributed by atoms with Crippen molar-refractivity contribution >= 4 is 0 Å². The molecule has 3 rings (SSSR count). The Hall–Kier alpha value is -1.73. The molecule has 0 saturated heterocycles. The molecule has 1 heterocycles. The van der Waals surface area contributed by atoms with E-state index >= 15 is 0 Å². The summed E-state index contributed by atoms with van der Waals surface area (Å²) in [4.78, 5) is 0. The second kappa shape index (κ2) is 6.15. The summed E-state index contributed by atoms with van der Waals surface area (Å²) in [7, 11) is 0. The van der Waals surface area contributed by atoms with Gasteiger partial charge in [-0.25, -0.2) is 4.68 Å². The van der Waals surface area contributed by atoms with Crippen molar-refractivity contribution in [3.8, 4) is 16.9 Å². The quantitative estimate of drug-likeness (QED) is 0.569. The van der Waals surface area contributed by atoms with Crippen LogP contribution in [-0.4, -0.2) is 15.0 Å². The van der Waals surface area contributed by atoms with E-state index < -0.39 is 0 Å². The molecule has 0 bridgehead atoms. The number of rotatable bonds is 2. The summed E-state index contributed by atoms with van der Waals surface area (Å²) in [6.45, 7) is 4.16. The summed E-state index contributed by atoms with van der Waals surface area (Å²) >= 11 is 0. The third kappa shape index (κ3) is 2.73. The summed E-state index contributed by atoms with van der Waals surface area (Å²) in [6.07, 6.45) is 1.95. The van der Waals surface area contributed by atoms with Crippen molar-refractivity contribution in [3.05, 3.63) is 65.9 Å². The smallest absolute Gasteiger partial charge is 0.0712 e. The fourth-order valence-electron chi connectivity index (χ4n) is 2.22. The molecule has 0 spiro atoms. The van der Waals surface area contributed by atoms with Crippen molar-refractivity contribution in [3.63, 3.8) is 0 Å². The van der Waals surface area contributed by atoms with Gasteiger partial charge in [0.2, 0.25) is 0 Å². The minimum atomic E-state index is 0. The molecule has 0 fully saturated rings. The average Bonchev–Trinajstić information content (AvgIpc) is 2.89. The van der Waals surface area contributed by atoms with Crippen molar-refractivity contribution in [2.75, 3.05) is 0 Å². The van der Waals surface area contributed by atoms with E-state index in [1.54, 1.807) is 0 Å². The van der Waals surface area contributed by atoms with Crippen LogP contribution in [0.3, 0.4) is 0 Å². The number of hydrogen-bond acceptors (Lipinski definition) is 2. The van der Waals surface area contributed by atoms with Crippen LogP contribution in [0, 0.1) is 19.9 Å². The summed E-state index contributed by atoms with van der Waals surface area (Å²) in [6, 6.07) is 17.2. The van der Waals surface area contributed by atoms with Gasteiger partial charge in [-0.1, -0.05) is 23.4 Å². The van der Waals surface area contributed by atoms with Gasteiger partial charge >= 0.3 is 0 Å². The maximum absolute atomic E-state index is 4.23. The number of benzene rings is 2. The Bertz CT molecular complexity index is 685. The van der Waals surface area contributed by atoms with Crippen LogP contribution in [0.4, 0.5) is 0 Å². The molecule has 0 N–H and O–H groups in total. The van der Waals surface area contributed by atoms with Gasteiger partial charge in [0.05, 0.1) is 5.69 Å². The van der Waals surface area contributed by atoms with Crippen LogP contribution in [0.1, 0.15) is 11.1 Å². The largest absolute Gasteiger partial charge is 0.230 e. The first-order chi connectivity index (χ1) is 9.25. The maximum atomic E-state index is 4.23. The van der Waals surface area contributed by atoms with Gasteiger partial charge in [0.1, 0.15) is 0 Å². The molecule has 2 aromatic carbocycles. The van der Waals surface area contributed by atoms with Crippen molar-refractivity contribution in [1.82, 2.24) is 15.0 Å². The monoisotopic (exact) mass is 443 g/mol. The molecule has 0 aliphatic rings. The average molecular weight is 443 g/mol. The van der Waals surface area contributed by atoms with Crippen LogP contribution in [0.15, 0.2) is 48.7 Å². The summed E-state index contributed by atoms with van der Waals surface area (Å²) in [5, 5.41) is 8.46. The van der Waals surface area contributed by atoms with Gasteiger partial charge in [0, 0.05) is 33.0 Å². The van der Waals surface area contributed by atoms with Crippen molar-refractivity contribution in [2.45, 2.75) is 13.8 Å². The van der Waals surface area contributed by atoms with E-state index in [-0.39, 0.29) is 21.1 Å². The van der Waals surface area contributed by atoms with Gasteiger partial charge in [-0.05, 0) is 25.0 Å². The molecular weight excluding hydrogens is 429 g/mol. The van der Waals surface area contributed by atoms with Gasteiger partial charge in [-0.2, -0.15) is 5.10 Å². The van der Waals surface area contributed by atoms with Crippen LogP contribution < -0.4 is 0 Å². The molecule has 0 radical (unpaired) electrons. The zero-order valence-electron chi connectivity index (χ0n) is 11.3. The standard InChI is InChI=1S/C16H14N3.Pt/c1-12-7-6-8-13(2)16(12)19-11-15(17-18-19)14-9-4-3-5-10-14;/h3-9,11H,1-2H3;/q-1;. The molecule has 1 aromatic heterocycles. The Kier molecular flexibility index (Phi) is 4.51. The molecule has 0 unspecified atom stereocenters. The molecular formula is C16H14N3Pt-. The van der Waals surface area contributed by atoms with E-state index in [0.29, 0.717) is 0 Å². The first-order valence-corrected chi connectivity index (χ1v) is 6.22. The van der Waals surface area contributed by atoms with Gasteiger partial charge in [0.15, 0.2) is 0 Å². The number of hydrogen-bond donors (Lipinski definition) is 0. The first-order valence-electron chi connectivity index (χ1n) is 6.22. The SMILES string of the molecule is Cc1cccc(C)c1-n1cc(-c2[c-]cccc2)nn1.[Pt]. The van der Waals surface area contributed by atoms with E-state index in [1.807, 2.05) is 35.1 Å². The van der Waals surface area contributed by atoms with Crippen molar-refractivity contribution in [1.29, 1.82) is 0 Å². The molecule has 3 nitrogen and oxygen atoms in total. The molecule has 0 saturated carbocycles. The van der Waals surface area contributed by atoms with Crippen LogP contribution in [0.25, 0.3) is 16.9 Å². The van der Waals surface area contributed by atoms with E-state index in [2.05, 4.69) is 48.4 Å². The van der Waals surface area contributed by atoms with Gasteiger partial charge in [-0.3, -0.25) is 0 Å². The third-order valence-corrected chi connectivity index (χ3v) is 3.15. The predicted molar refractivity (Wildman–Crippen MR) is 75.1 cm³/mol. The zero-order chi connectivity index (χ0) is 13.2. The van der Waals surface area contributed by atoms with Crippen molar-refractivity contribution < 1.29 is 21.1 Å². The Balaban J connectivity index is 0.00000147. The van der Waals surface area contributed by atoms with E-state index in [4.69, 9.17) is 0 Å². The molecule has 0 aliphatic heterocycles. The van der Waals surface area contributed by atoms with Crippen LogP contribution in [-0.2, 0) is 21.1 Å². The minimum absolute atomic E-state index is 0. The molecule has 4 heteroatoms. The fraction of sp³-hybridized carbons (Fsp3) is 0.125. The maximum Gasteiger partial charge on any atom is 0.0712 e. The van der Waals surface area contributed by atoms with E-state index in [0.717, 1.165) is 16.9 Å². The molecule has 20 heavy (non-hydrogen) atoms. The van der Waals surface area contributed by atoms with Gasteiger partial charge < -0.3 is 0 Å². The normalized spacial score (nSPS) is 10.1. The molecule has 0 amide bonds. The Morgan fingerprint density at radius 1 is 1.00 bits per heavy atom. The molecule has 104 valence electrons. The van der Waals surface area contributed by atoms with E-state index in [1.165, 1.54) is 11.1 Å².